The average molecular weight is 437 g/mol. The molecule has 3 aromatic rings. The van der Waals surface area contributed by atoms with Gasteiger partial charge in [-0.2, -0.15) is 0 Å². The van der Waals surface area contributed by atoms with Crippen LogP contribution in [0.15, 0.2) is 53.9 Å². The Balaban J connectivity index is 1.12. The van der Waals surface area contributed by atoms with Crippen molar-refractivity contribution in [1.29, 1.82) is 0 Å². The number of rotatable bonds is 6. The molecule has 31 heavy (non-hydrogen) atoms. The van der Waals surface area contributed by atoms with E-state index in [0.717, 1.165) is 63.5 Å². The first-order valence-electron chi connectivity index (χ1n) is 11.1. The molecule has 1 aromatic heterocycles. The van der Waals surface area contributed by atoms with E-state index < -0.39 is 0 Å². The first-order valence-corrected chi connectivity index (χ1v) is 12.0. The van der Waals surface area contributed by atoms with Crippen molar-refractivity contribution in [1.82, 2.24) is 9.80 Å². The highest BCUT2D eigenvalue weighted by molar-refractivity contribution is 7.17. The third-order valence-corrected chi connectivity index (χ3v) is 7.19. The number of hydrogen-bond donors (Lipinski definition) is 0. The van der Waals surface area contributed by atoms with Gasteiger partial charge in [-0.05, 0) is 59.5 Å². The Bertz CT molecular complexity index is 1020. The predicted molar refractivity (Wildman–Crippen MR) is 124 cm³/mol. The lowest BCUT2D eigenvalue weighted by atomic mass is 10.1. The number of carbonyl (C=O) groups excluding carboxylic acids is 1. The van der Waals surface area contributed by atoms with Crippen molar-refractivity contribution in [2.75, 3.05) is 39.4 Å². The predicted octanol–water partition coefficient (Wildman–Crippen LogP) is 4.42. The van der Waals surface area contributed by atoms with E-state index in [0.29, 0.717) is 6.61 Å². The van der Waals surface area contributed by atoms with Crippen LogP contribution in [0.4, 0.5) is 0 Å². The van der Waals surface area contributed by atoms with E-state index in [1.165, 1.54) is 15.6 Å². The van der Waals surface area contributed by atoms with Gasteiger partial charge in [0.15, 0.2) is 0 Å². The third kappa shape index (κ3) is 4.76. The fraction of sp³-hybridized carbons (Fsp3) is 0.400. The van der Waals surface area contributed by atoms with Gasteiger partial charge in [-0.1, -0.05) is 18.2 Å². The van der Waals surface area contributed by atoms with Crippen LogP contribution in [0, 0.1) is 0 Å². The zero-order valence-electron chi connectivity index (χ0n) is 17.7. The van der Waals surface area contributed by atoms with Crippen LogP contribution in [-0.2, 0) is 11.3 Å². The fourth-order valence-electron chi connectivity index (χ4n) is 4.35. The summed E-state index contributed by atoms with van der Waals surface area (Å²) in [4.78, 5) is 17.3. The SMILES string of the molecule is O=C(c1ccc(OC[C@@H]2CCCO2)cc1)N1CCN(Cc2csc3ccccc23)CC1. The Morgan fingerprint density at radius 3 is 2.65 bits per heavy atom. The minimum Gasteiger partial charge on any atom is -0.491 e. The first kappa shape index (κ1) is 20.5. The van der Waals surface area contributed by atoms with Crippen molar-refractivity contribution in [3.8, 4) is 5.75 Å². The lowest BCUT2D eigenvalue weighted by molar-refractivity contribution is 0.0627. The molecule has 2 aliphatic heterocycles. The molecule has 2 saturated heterocycles. The Hall–Kier alpha value is -2.41. The molecule has 1 amide bonds. The Morgan fingerprint density at radius 1 is 1.06 bits per heavy atom. The number of hydrogen-bond acceptors (Lipinski definition) is 5. The largest absolute Gasteiger partial charge is 0.491 e. The van der Waals surface area contributed by atoms with Gasteiger partial charge < -0.3 is 14.4 Å². The number of benzene rings is 2. The number of nitrogens with zero attached hydrogens (tertiary/aromatic N) is 2. The normalized spacial score (nSPS) is 19.7. The number of thiophene rings is 1. The van der Waals surface area contributed by atoms with Crippen LogP contribution in [0.1, 0.15) is 28.8 Å². The molecule has 5 nitrogen and oxygen atoms in total. The van der Waals surface area contributed by atoms with Crippen LogP contribution < -0.4 is 4.74 Å². The van der Waals surface area contributed by atoms with E-state index in [-0.39, 0.29) is 12.0 Å². The summed E-state index contributed by atoms with van der Waals surface area (Å²) in [5.41, 5.74) is 2.11. The molecule has 6 heteroatoms. The van der Waals surface area contributed by atoms with E-state index in [1.54, 1.807) is 0 Å². The first-order chi connectivity index (χ1) is 15.3. The molecule has 0 N–H and O–H groups in total. The van der Waals surface area contributed by atoms with Gasteiger partial charge in [0.1, 0.15) is 12.4 Å². The summed E-state index contributed by atoms with van der Waals surface area (Å²) < 4.78 is 12.7. The summed E-state index contributed by atoms with van der Waals surface area (Å²) in [5, 5.41) is 3.62. The number of ether oxygens (including phenoxy) is 2. The molecule has 162 valence electrons. The van der Waals surface area contributed by atoms with Gasteiger partial charge in [-0.15, -0.1) is 11.3 Å². The van der Waals surface area contributed by atoms with E-state index in [9.17, 15) is 4.79 Å². The molecule has 5 rings (SSSR count). The zero-order valence-corrected chi connectivity index (χ0v) is 18.5. The third-order valence-electron chi connectivity index (χ3n) is 6.18. The summed E-state index contributed by atoms with van der Waals surface area (Å²) in [6.07, 6.45) is 2.37. The Morgan fingerprint density at radius 2 is 1.87 bits per heavy atom. The van der Waals surface area contributed by atoms with Crippen molar-refractivity contribution >= 4 is 27.3 Å². The minimum absolute atomic E-state index is 0.103. The second kappa shape index (κ2) is 9.39. The summed E-state index contributed by atoms with van der Waals surface area (Å²) in [5.74, 6) is 0.895. The molecule has 0 unspecified atom stereocenters. The van der Waals surface area contributed by atoms with Gasteiger partial charge in [0.05, 0.1) is 6.10 Å². The van der Waals surface area contributed by atoms with Gasteiger partial charge in [-0.25, -0.2) is 0 Å². The maximum Gasteiger partial charge on any atom is 0.253 e. The van der Waals surface area contributed by atoms with Gasteiger partial charge >= 0.3 is 0 Å². The van der Waals surface area contributed by atoms with Crippen LogP contribution in [0.25, 0.3) is 10.1 Å². The molecule has 1 atom stereocenters. The smallest absolute Gasteiger partial charge is 0.253 e. The van der Waals surface area contributed by atoms with Crippen LogP contribution >= 0.6 is 11.3 Å². The molecular formula is C25H28N2O3S. The molecule has 0 aliphatic carbocycles. The highest BCUT2D eigenvalue weighted by atomic mass is 32.1. The fourth-order valence-corrected chi connectivity index (χ4v) is 5.30. The molecule has 2 fully saturated rings. The Kier molecular flexibility index (Phi) is 6.20. The standard InChI is InChI=1S/C25H28N2O3S/c28-25(19-7-9-21(10-8-19)30-17-22-4-3-15-29-22)27-13-11-26(12-14-27)16-20-18-31-24-6-2-1-5-23(20)24/h1-2,5-10,18,22H,3-4,11-17H2/t22-/m0/s1. The molecule has 0 radical (unpaired) electrons. The number of amides is 1. The van der Waals surface area contributed by atoms with Crippen molar-refractivity contribution < 1.29 is 14.3 Å². The van der Waals surface area contributed by atoms with E-state index in [4.69, 9.17) is 9.47 Å². The maximum atomic E-state index is 12.9. The van der Waals surface area contributed by atoms with Crippen LogP contribution in [0.3, 0.4) is 0 Å². The number of carbonyl (C=O) groups is 1. The lowest BCUT2D eigenvalue weighted by Crippen LogP contribution is -2.48. The minimum atomic E-state index is 0.103. The zero-order chi connectivity index (χ0) is 21.0. The number of fused-ring (bicyclic) bond motifs is 1. The van der Waals surface area contributed by atoms with Crippen molar-refractivity contribution in [2.45, 2.75) is 25.5 Å². The van der Waals surface area contributed by atoms with Crippen LogP contribution in [-0.4, -0.2) is 61.2 Å². The maximum absolute atomic E-state index is 12.9. The quantitative estimate of drug-likeness (QED) is 0.574. The van der Waals surface area contributed by atoms with E-state index in [2.05, 4.69) is 34.5 Å². The highest BCUT2D eigenvalue weighted by Gasteiger charge is 2.23. The van der Waals surface area contributed by atoms with Crippen molar-refractivity contribution in [3.63, 3.8) is 0 Å². The van der Waals surface area contributed by atoms with Crippen molar-refractivity contribution in [3.05, 3.63) is 65.0 Å². The van der Waals surface area contributed by atoms with Gasteiger partial charge in [0.2, 0.25) is 0 Å². The van der Waals surface area contributed by atoms with E-state index in [1.807, 2.05) is 40.5 Å². The monoisotopic (exact) mass is 436 g/mol. The van der Waals surface area contributed by atoms with Crippen molar-refractivity contribution in [2.24, 2.45) is 0 Å². The topological polar surface area (TPSA) is 42.0 Å². The highest BCUT2D eigenvalue weighted by Crippen LogP contribution is 2.27. The molecule has 0 spiro atoms. The van der Waals surface area contributed by atoms with Gasteiger partial charge in [0, 0.05) is 49.6 Å². The summed E-state index contributed by atoms with van der Waals surface area (Å²) in [6, 6.07) is 16.1. The lowest BCUT2D eigenvalue weighted by Gasteiger charge is -2.34. The molecule has 0 saturated carbocycles. The molecule has 2 aliphatic rings. The van der Waals surface area contributed by atoms with Crippen LogP contribution in [0.5, 0.6) is 5.75 Å². The summed E-state index contributed by atoms with van der Waals surface area (Å²) in [7, 11) is 0. The second-order valence-corrected chi connectivity index (χ2v) is 9.21. The molecular weight excluding hydrogens is 408 g/mol. The van der Waals surface area contributed by atoms with Gasteiger partial charge in [0.25, 0.3) is 5.91 Å². The number of piperazine rings is 1. The molecule has 0 bridgehead atoms. The molecule has 2 aromatic carbocycles. The second-order valence-electron chi connectivity index (χ2n) is 8.30. The summed E-state index contributed by atoms with van der Waals surface area (Å²) >= 11 is 1.81. The van der Waals surface area contributed by atoms with E-state index >= 15 is 0 Å². The Labute approximate surface area is 187 Å². The average Bonchev–Trinajstić information content (AvgIpc) is 3.49. The summed E-state index contributed by atoms with van der Waals surface area (Å²) in [6.45, 7) is 5.68. The molecule has 3 heterocycles. The van der Waals surface area contributed by atoms with Gasteiger partial charge in [-0.3, -0.25) is 9.69 Å². The van der Waals surface area contributed by atoms with Crippen LogP contribution in [0.2, 0.25) is 0 Å².